The van der Waals surface area contributed by atoms with E-state index in [1.165, 1.54) is 5.56 Å². The van der Waals surface area contributed by atoms with Crippen LogP contribution in [0.2, 0.25) is 0 Å². The predicted molar refractivity (Wildman–Crippen MR) is 51.2 cm³/mol. The van der Waals surface area contributed by atoms with Crippen molar-refractivity contribution in [2.24, 2.45) is 0 Å². The summed E-state index contributed by atoms with van der Waals surface area (Å²) in [6, 6.07) is 10.0. The number of nitrogens with zero attached hydrogens (tertiary/aromatic N) is 2. The number of benzene rings is 1. The maximum Gasteiger partial charge on any atom is 0.238 e. The SMILES string of the molecule is Brc1noc(Cc2ccccc2)n1. The molecular formula is C9H7BrN2O. The summed E-state index contributed by atoms with van der Waals surface area (Å²) in [5.74, 6) is 0.623. The first kappa shape index (κ1) is 8.44. The Labute approximate surface area is 83.9 Å². The summed E-state index contributed by atoms with van der Waals surface area (Å²) in [7, 11) is 0. The van der Waals surface area contributed by atoms with E-state index < -0.39 is 0 Å². The topological polar surface area (TPSA) is 38.9 Å². The van der Waals surface area contributed by atoms with Gasteiger partial charge in [0.15, 0.2) is 0 Å². The van der Waals surface area contributed by atoms with Gasteiger partial charge in [-0.25, -0.2) is 0 Å². The molecule has 0 aliphatic rings. The smallest absolute Gasteiger partial charge is 0.238 e. The van der Waals surface area contributed by atoms with Gasteiger partial charge >= 0.3 is 0 Å². The van der Waals surface area contributed by atoms with E-state index in [9.17, 15) is 0 Å². The number of rotatable bonds is 2. The Bertz CT molecular complexity index is 386. The first-order valence-corrected chi connectivity index (χ1v) is 4.66. The van der Waals surface area contributed by atoms with Crippen molar-refractivity contribution in [2.45, 2.75) is 6.42 Å². The Kier molecular flexibility index (Phi) is 2.40. The molecule has 0 saturated heterocycles. The highest BCUT2D eigenvalue weighted by molar-refractivity contribution is 9.10. The van der Waals surface area contributed by atoms with E-state index in [0.29, 0.717) is 17.0 Å². The van der Waals surface area contributed by atoms with Gasteiger partial charge in [0.1, 0.15) is 0 Å². The van der Waals surface area contributed by atoms with Crippen LogP contribution in [0, 0.1) is 0 Å². The molecule has 0 fully saturated rings. The molecule has 0 spiro atoms. The second kappa shape index (κ2) is 3.70. The summed E-state index contributed by atoms with van der Waals surface area (Å²) < 4.78 is 5.46. The largest absolute Gasteiger partial charge is 0.338 e. The molecule has 1 aromatic heterocycles. The minimum Gasteiger partial charge on any atom is -0.338 e. The molecular weight excluding hydrogens is 232 g/mol. The van der Waals surface area contributed by atoms with Crippen molar-refractivity contribution in [1.82, 2.24) is 10.1 Å². The molecule has 2 rings (SSSR count). The fourth-order valence-corrected chi connectivity index (χ4v) is 1.35. The van der Waals surface area contributed by atoms with Gasteiger partial charge in [-0.15, -0.1) is 0 Å². The van der Waals surface area contributed by atoms with Gasteiger partial charge in [-0.3, -0.25) is 0 Å². The maximum absolute atomic E-state index is 4.96. The highest BCUT2D eigenvalue weighted by Crippen LogP contribution is 2.09. The molecule has 1 heterocycles. The van der Waals surface area contributed by atoms with Gasteiger partial charge in [0.2, 0.25) is 10.6 Å². The Morgan fingerprint density at radius 2 is 2.00 bits per heavy atom. The highest BCUT2D eigenvalue weighted by Gasteiger charge is 2.03. The highest BCUT2D eigenvalue weighted by atomic mass is 79.9. The van der Waals surface area contributed by atoms with Crippen LogP contribution in [0.1, 0.15) is 11.5 Å². The molecule has 0 amide bonds. The van der Waals surface area contributed by atoms with E-state index in [1.54, 1.807) is 0 Å². The van der Waals surface area contributed by atoms with Crippen molar-refractivity contribution >= 4 is 15.9 Å². The Morgan fingerprint density at radius 3 is 2.62 bits per heavy atom. The molecule has 13 heavy (non-hydrogen) atoms. The molecule has 0 radical (unpaired) electrons. The first-order chi connectivity index (χ1) is 6.34. The quantitative estimate of drug-likeness (QED) is 0.807. The van der Waals surface area contributed by atoms with Crippen LogP contribution >= 0.6 is 15.9 Å². The van der Waals surface area contributed by atoms with Crippen LogP contribution in [-0.4, -0.2) is 10.1 Å². The third kappa shape index (κ3) is 2.15. The van der Waals surface area contributed by atoms with Crippen LogP contribution in [0.3, 0.4) is 0 Å². The second-order valence-corrected chi connectivity index (χ2v) is 3.33. The van der Waals surface area contributed by atoms with Crippen LogP contribution < -0.4 is 0 Å². The summed E-state index contributed by atoms with van der Waals surface area (Å²) in [5, 5.41) is 3.64. The average molecular weight is 239 g/mol. The van der Waals surface area contributed by atoms with E-state index in [2.05, 4.69) is 26.1 Å². The van der Waals surface area contributed by atoms with E-state index >= 15 is 0 Å². The lowest BCUT2D eigenvalue weighted by atomic mass is 10.2. The van der Waals surface area contributed by atoms with E-state index in [-0.39, 0.29) is 0 Å². The second-order valence-electron chi connectivity index (χ2n) is 2.62. The third-order valence-electron chi connectivity index (χ3n) is 1.64. The minimum atomic E-state index is 0.499. The zero-order valence-electron chi connectivity index (χ0n) is 6.77. The van der Waals surface area contributed by atoms with Gasteiger partial charge in [-0.2, -0.15) is 4.98 Å². The Hall–Kier alpha value is -1.16. The van der Waals surface area contributed by atoms with Gasteiger partial charge in [0.05, 0.1) is 6.42 Å². The summed E-state index contributed by atoms with van der Waals surface area (Å²) in [4.78, 5) is 4.04. The predicted octanol–water partition coefficient (Wildman–Crippen LogP) is 2.42. The summed E-state index contributed by atoms with van der Waals surface area (Å²) in [6.45, 7) is 0. The molecule has 3 nitrogen and oxygen atoms in total. The maximum atomic E-state index is 4.96. The van der Waals surface area contributed by atoms with E-state index in [0.717, 1.165) is 0 Å². The molecule has 1 aromatic carbocycles. The molecule has 0 saturated carbocycles. The molecule has 4 heteroatoms. The molecule has 0 aliphatic heterocycles. The Balaban J connectivity index is 2.15. The van der Waals surface area contributed by atoms with Gasteiger partial charge in [0, 0.05) is 0 Å². The fourth-order valence-electron chi connectivity index (χ4n) is 1.08. The molecule has 0 N–H and O–H groups in total. The molecule has 0 bridgehead atoms. The monoisotopic (exact) mass is 238 g/mol. The Morgan fingerprint density at radius 1 is 1.23 bits per heavy atom. The summed E-state index contributed by atoms with van der Waals surface area (Å²) >= 11 is 3.13. The lowest BCUT2D eigenvalue weighted by molar-refractivity contribution is 0.381. The van der Waals surface area contributed by atoms with Crippen molar-refractivity contribution in [3.05, 3.63) is 46.5 Å². The normalized spacial score (nSPS) is 10.2. The van der Waals surface area contributed by atoms with E-state index in [4.69, 9.17) is 4.52 Å². The van der Waals surface area contributed by atoms with E-state index in [1.807, 2.05) is 30.3 Å². The zero-order chi connectivity index (χ0) is 9.10. The van der Waals surface area contributed by atoms with Crippen molar-refractivity contribution in [2.75, 3.05) is 0 Å². The average Bonchev–Trinajstić information content (AvgIpc) is 2.53. The fraction of sp³-hybridized carbons (Fsp3) is 0.111. The number of hydrogen-bond acceptors (Lipinski definition) is 3. The third-order valence-corrected chi connectivity index (χ3v) is 1.96. The molecule has 0 atom stereocenters. The summed E-state index contributed by atoms with van der Waals surface area (Å²) in [6.07, 6.45) is 0.680. The molecule has 0 aliphatic carbocycles. The van der Waals surface area contributed by atoms with Gasteiger partial charge in [0.25, 0.3) is 0 Å². The van der Waals surface area contributed by atoms with Crippen LogP contribution in [0.15, 0.2) is 39.6 Å². The molecule has 0 unspecified atom stereocenters. The lowest BCUT2D eigenvalue weighted by Crippen LogP contribution is -1.86. The van der Waals surface area contributed by atoms with Gasteiger partial charge in [-0.1, -0.05) is 30.3 Å². The molecule has 66 valence electrons. The van der Waals surface area contributed by atoms with Crippen molar-refractivity contribution in [3.63, 3.8) is 0 Å². The summed E-state index contributed by atoms with van der Waals surface area (Å²) in [5.41, 5.74) is 1.17. The number of aromatic nitrogens is 2. The van der Waals surface area contributed by atoms with Gasteiger partial charge < -0.3 is 4.52 Å². The first-order valence-electron chi connectivity index (χ1n) is 3.86. The van der Waals surface area contributed by atoms with Crippen molar-refractivity contribution in [3.8, 4) is 0 Å². The molecule has 2 aromatic rings. The lowest BCUT2D eigenvalue weighted by Gasteiger charge is -1.93. The van der Waals surface area contributed by atoms with Crippen LogP contribution in [0.4, 0.5) is 0 Å². The van der Waals surface area contributed by atoms with Crippen LogP contribution in [-0.2, 0) is 6.42 Å². The van der Waals surface area contributed by atoms with Crippen LogP contribution in [0.5, 0.6) is 0 Å². The van der Waals surface area contributed by atoms with Crippen molar-refractivity contribution < 1.29 is 4.52 Å². The number of hydrogen-bond donors (Lipinski definition) is 0. The standard InChI is InChI=1S/C9H7BrN2O/c10-9-11-8(13-12-9)6-7-4-2-1-3-5-7/h1-5H,6H2. The minimum absolute atomic E-state index is 0.499. The zero-order valence-corrected chi connectivity index (χ0v) is 8.36. The van der Waals surface area contributed by atoms with Gasteiger partial charge in [-0.05, 0) is 26.7 Å². The van der Waals surface area contributed by atoms with Crippen LogP contribution in [0.25, 0.3) is 0 Å². The number of halogens is 1. The van der Waals surface area contributed by atoms with Crippen molar-refractivity contribution in [1.29, 1.82) is 0 Å².